The van der Waals surface area contributed by atoms with E-state index in [0.29, 0.717) is 12.1 Å². The van der Waals surface area contributed by atoms with Crippen molar-refractivity contribution in [1.29, 1.82) is 0 Å². The maximum Gasteiger partial charge on any atom is 0.0951 e. The molecule has 1 aliphatic rings. The average molecular weight is 425 g/mol. The van der Waals surface area contributed by atoms with Gasteiger partial charge in [-0.25, -0.2) is 0 Å². The van der Waals surface area contributed by atoms with Crippen molar-refractivity contribution in [3.05, 3.63) is 64.8 Å². The molecule has 27 heavy (non-hydrogen) atoms. The minimum absolute atomic E-state index is 0.460. The first kappa shape index (κ1) is 18.3. The molecule has 5 heteroatoms. The number of nitrogen functional groups attached to an aromatic ring is 1. The highest BCUT2D eigenvalue weighted by molar-refractivity contribution is 9.10. The Morgan fingerprint density at radius 1 is 1.04 bits per heavy atom. The fraction of sp³-hybridized carbons (Fsp3) is 0.318. The molecule has 0 aliphatic carbocycles. The van der Waals surface area contributed by atoms with Crippen molar-refractivity contribution < 1.29 is 0 Å². The van der Waals surface area contributed by atoms with Gasteiger partial charge in [0.1, 0.15) is 0 Å². The minimum atomic E-state index is 0.460. The summed E-state index contributed by atoms with van der Waals surface area (Å²) in [6, 6.07) is 17.8. The highest BCUT2D eigenvalue weighted by Crippen LogP contribution is 2.32. The van der Waals surface area contributed by atoms with Crippen LogP contribution in [0.2, 0.25) is 0 Å². The number of hydrogen-bond acceptors (Lipinski definition) is 4. The maximum absolute atomic E-state index is 6.14. The Bertz CT molecular complexity index is 929. The highest BCUT2D eigenvalue weighted by atomic mass is 79.9. The van der Waals surface area contributed by atoms with E-state index >= 15 is 0 Å². The smallest absolute Gasteiger partial charge is 0.0951 e. The number of nitrogens with zero attached hydrogens (tertiary/aromatic N) is 3. The normalized spacial score (nSPS) is 20.9. The molecule has 0 bridgehead atoms. The molecule has 2 N–H and O–H groups in total. The summed E-state index contributed by atoms with van der Waals surface area (Å²) < 4.78 is 1.13. The van der Waals surface area contributed by atoms with Crippen LogP contribution in [0.25, 0.3) is 10.9 Å². The van der Waals surface area contributed by atoms with Crippen molar-refractivity contribution in [3.8, 4) is 0 Å². The Labute approximate surface area is 169 Å². The Balaban J connectivity index is 1.57. The van der Waals surface area contributed by atoms with Crippen LogP contribution in [0.15, 0.2) is 59.2 Å². The largest absolute Gasteiger partial charge is 0.397 e. The van der Waals surface area contributed by atoms with Crippen LogP contribution >= 0.6 is 15.9 Å². The van der Waals surface area contributed by atoms with Gasteiger partial charge in [-0.3, -0.25) is 9.88 Å². The van der Waals surface area contributed by atoms with Gasteiger partial charge in [-0.05, 0) is 55.8 Å². The lowest BCUT2D eigenvalue weighted by Gasteiger charge is -2.45. The van der Waals surface area contributed by atoms with Crippen LogP contribution in [0.4, 0.5) is 11.4 Å². The number of rotatable bonds is 3. The fourth-order valence-corrected chi connectivity index (χ4v) is 4.39. The number of benzene rings is 2. The van der Waals surface area contributed by atoms with E-state index in [1.807, 2.05) is 18.3 Å². The van der Waals surface area contributed by atoms with Crippen molar-refractivity contribution in [3.63, 3.8) is 0 Å². The predicted molar refractivity (Wildman–Crippen MR) is 117 cm³/mol. The summed E-state index contributed by atoms with van der Waals surface area (Å²) in [6.07, 6.45) is 1.81. The summed E-state index contributed by atoms with van der Waals surface area (Å²) in [7, 11) is 0. The summed E-state index contributed by atoms with van der Waals surface area (Å²) >= 11 is 3.52. The molecule has 1 fully saturated rings. The van der Waals surface area contributed by atoms with Crippen molar-refractivity contribution in [2.24, 2.45) is 0 Å². The molecular formula is C22H25BrN4. The van der Waals surface area contributed by atoms with Gasteiger partial charge in [0, 0.05) is 53.5 Å². The fourth-order valence-electron chi connectivity index (χ4n) is 4.12. The van der Waals surface area contributed by atoms with Crippen molar-refractivity contribution in [2.45, 2.75) is 32.5 Å². The van der Waals surface area contributed by atoms with Gasteiger partial charge in [-0.2, -0.15) is 0 Å². The summed E-state index contributed by atoms with van der Waals surface area (Å²) in [5.41, 5.74) is 10.4. The molecule has 140 valence electrons. The number of nitrogens with two attached hydrogens (primary N) is 1. The number of piperazine rings is 1. The molecule has 4 rings (SSSR count). The molecule has 4 nitrogen and oxygen atoms in total. The van der Waals surface area contributed by atoms with Crippen LogP contribution in [0.3, 0.4) is 0 Å². The Hall–Kier alpha value is -2.11. The molecular weight excluding hydrogens is 400 g/mol. The third-order valence-electron chi connectivity index (χ3n) is 5.50. The van der Waals surface area contributed by atoms with Gasteiger partial charge in [0.2, 0.25) is 0 Å². The van der Waals surface area contributed by atoms with E-state index < -0.39 is 0 Å². The quantitative estimate of drug-likeness (QED) is 0.619. The van der Waals surface area contributed by atoms with Crippen molar-refractivity contribution >= 4 is 38.2 Å². The zero-order valence-electron chi connectivity index (χ0n) is 15.8. The lowest BCUT2D eigenvalue weighted by Crippen LogP contribution is -2.56. The Morgan fingerprint density at radius 3 is 2.44 bits per heavy atom. The molecule has 3 aromatic rings. The van der Waals surface area contributed by atoms with Crippen LogP contribution in [-0.2, 0) is 6.54 Å². The van der Waals surface area contributed by atoms with Gasteiger partial charge in [-0.1, -0.05) is 28.1 Å². The lowest BCUT2D eigenvalue weighted by molar-refractivity contribution is 0.123. The van der Waals surface area contributed by atoms with Crippen LogP contribution in [-0.4, -0.2) is 35.1 Å². The first-order chi connectivity index (χ1) is 13.0. The second-order valence-electron chi connectivity index (χ2n) is 7.48. The molecule has 0 saturated carbocycles. The maximum atomic E-state index is 6.14. The minimum Gasteiger partial charge on any atom is -0.397 e. The van der Waals surface area contributed by atoms with Crippen molar-refractivity contribution in [2.75, 3.05) is 23.7 Å². The van der Waals surface area contributed by atoms with E-state index in [1.165, 1.54) is 11.3 Å². The zero-order valence-corrected chi connectivity index (χ0v) is 17.4. The second kappa shape index (κ2) is 7.49. The molecule has 2 aromatic carbocycles. The molecule has 0 amide bonds. The molecule has 0 unspecified atom stereocenters. The predicted octanol–water partition coefficient (Wildman–Crippen LogP) is 4.68. The second-order valence-corrected chi connectivity index (χ2v) is 8.39. The number of aromatic nitrogens is 1. The van der Waals surface area contributed by atoms with E-state index in [0.717, 1.165) is 40.7 Å². The number of anilines is 2. The van der Waals surface area contributed by atoms with E-state index in [2.05, 4.69) is 81.0 Å². The van der Waals surface area contributed by atoms with Crippen LogP contribution in [0.1, 0.15) is 19.4 Å². The summed E-state index contributed by atoms with van der Waals surface area (Å²) in [5, 5.41) is 1.14. The van der Waals surface area contributed by atoms with Crippen LogP contribution in [0.5, 0.6) is 0 Å². The van der Waals surface area contributed by atoms with Crippen LogP contribution < -0.4 is 10.6 Å². The van der Waals surface area contributed by atoms with Gasteiger partial charge in [-0.15, -0.1) is 0 Å². The molecule has 1 saturated heterocycles. The molecule has 2 atom stereocenters. The van der Waals surface area contributed by atoms with Gasteiger partial charge >= 0.3 is 0 Å². The lowest BCUT2D eigenvalue weighted by atomic mass is 10.0. The van der Waals surface area contributed by atoms with E-state index in [-0.39, 0.29) is 0 Å². The SMILES string of the molecule is C[C@@H]1CN(c2ccc(N)c3ncccc23)C[C@H](C)N1Cc1ccc(Br)cc1. The number of fused-ring (bicyclic) bond motifs is 1. The standard InChI is InChI=1S/C22H25BrN4/c1-15-12-26(21-10-9-20(24)22-19(21)4-3-11-25-22)13-16(2)27(15)14-17-5-7-18(23)8-6-17/h3-11,15-16H,12-14,24H2,1-2H3/t15-,16+. The monoisotopic (exact) mass is 424 g/mol. The first-order valence-electron chi connectivity index (χ1n) is 9.41. The molecule has 0 radical (unpaired) electrons. The van der Waals surface area contributed by atoms with Crippen molar-refractivity contribution in [1.82, 2.24) is 9.88 Å². The zero-order chi connectivity index (χ0) is 19.0. The third-order valence-corrected chi connectivity index (χ3v) is 6.03. The van der Waals surface area contributed by atoms with Crippen LogP contribution in [0, 0.1) is 0 Å². The van der Waals surface area contributed by atoms with Gasteiger partial charge < -0.3 is 10.6 Å². The van der Waals surface area contributed by atoms with Gasteiger partial charge in [0.25, 0.3) is 0 Å². The highest BCUT2D eigenvalue weighted by Gasteiger charge is 2.30. The van der Waals surface area contributed by atoms with E-state index in [1.54, 1.807) is 0 Å². The first-order valence-corrected chi connectivity index (χ1v) is 10.2. The molecule has 0 spiro atoms. The topological polar surface area (TPSA) is 45.4 Å². The van der Waals surface area contributed by atoms with E-state index in [9.17, 15) is 0 Å². The summed E-state index contributed by atoms with van der Waals surface area (Å²) in [4.78, 5) is 9.56. The number of pyridine rings is 1. The third kappa shape index (κ3) is 3.66. The average Bonchev–Trinajstić information content (AvgIpc) is 2.66. The van der Waals surface area contributed by atoms with Gasteiger partial charge in [0.15, 0.2) is 0 Å². The summed E-state index contributed by atoms with van der Waals surface area (Å²) in [6.45, 7) is 7.61. The Morgan fingerprint density at radius 2 is 1.74 bits per heavy atom. The summed E-state index contributed by atoms with van der Waals surface area (Å²) in [5.74, 6) is 0. The molecule has 1 aromatic heterocycles. The molecule has 1 aliphatic heterocycles. The number of halogens is 1. The number of hydrogen-bond donors (Lipinski definition) is 1. The Kier molecular flexibility index (Phi) is 5.06. The van der Waals surface area contributed by atoms with E-state index in [4.69, 9.17) is 5.73 Å². The molecule has 2 heterocycles. The van der Waals surface area contributed by atoms with Gasteiger partial charge in [0.05, 0.1) is 11.2 Å².